The Bertz CT molecular complexity index is 1250. The predicted octanol–water partition coefficient (Wildman–Crippen LogP) is 3.88. The molecule has 1 unspecified atom stereocenters. The van der Waals surface area contributed by atoms with E-state index in [4.69, 9.17) is 16.1 Å². The quantitative estimate of drug-likeness (QED) is 0.596. The molecule has 0 aliphatic carbocycles. The summed E-state index contributed by atoms with van der Waals surface area (Å²) in [5.41, 5.74) is 0.898. The molecule has 168 valence electrons. The predicted molar refractivity (Wildman–Crippen MR) is 116 cm³/mol. The van der Waals surface area contributed by atoms with Crippen LogP contribution in [0.4, 0.5) is 10.1 Å². The van der Waals surface area contributed by atoms with E-state index in [1.54, 1.807) is 13.0 Å². The fourth-order valence-electron chi connectivity index (χ4n) is 3.55. The second-order valence-electron chi connectivity index (χ2n) is 7.48. The zero-order chi connectivity index (χ0) is 22.9. The Kier molecular flexibility index (Phi) is 6.27. The first kappa shape index (κ1) is 22.4. The molecule has 1 saturated heterocycles. The van der Waals surface area contributed by atoms with Gasteiger partial charge in [0.1, 0.15) is 10.7 Å². The van der Waals surface area contributed by atoms with Gasteiger partial charge in [-0.2, -0.15) is 9.29 Å². The summed E-state index contributed by atoms with van der Waals surface area (Å²) in [7, 11) is -3.98. The van der Waals surface area contributed by atoms with Crippen molar-refractivity contribution in [1.29, 1.82) is 0 Å². The molecule has 1 amide bonds. The van der Waals surface area contributed by atoms with Gasteiger partial charge in [-0.15, -0.1) is 0 Å². The number of piperidine rings is 1. The minimum atomic E-state index is -3.98. The Morgan fingerprint density at radius 2 is 2.00 bits per heavy atom. The maximum absolute atomic E-state index is 13.4. The summed E-state index contributed by atoms with van der Waals surface area (Å²) in [6.45, 7) is 1.91. The molecule has 1 aromatic heterocycles. The van der Waals surface area contributed by atoms with Crippen molar-refractivity contribution in [2.75, 3.05) is 18.4 Å². The van der Waals surface area contributed by atoms with Crippen molar-refractivity contribution in [3.63, 3.8) is 0 Å². The molecular weight excluding hydrogens is 459 g/mol. The highest BCUT2D eigenvalue weighted by Gasteiger charge is 2.34. The lowest BCUT2D eigenvalue weighted by Gasteiger charge is -2.31. The average molecular weight is 479 g/mol. The first-order valence-electron chi connectivity index (χ1n) is 9.91. The van der Waals surface area contributed by atoms with Crippen molar-refractivity contribution in [2.45, 2.75) is 24.7 Å². The number of amides is 1. The van der Waals surface area contributed by atoms with Gasteiger partial charge in [0, 0.05) is 31.3 Å². The minimum absolute atomic E-state index is 0.0111. The second kappa shape index (κ2) is 8.97. The molecule has 1 atom stereocenters. The van der Waals surface area contributed by atoms with Crippen molar-refractivity contribution < 1.29 is 22.1 Å². The number of rotatable bonds is 5. The number of hydrogen-bond acceptors (Lipinski definition) is 6. The summed E-state index contributed by atoms with van der Waals surface area (Å²) in [6, 6.07) is 9.88. The molecule has 2 aromatic carbocycles. The van der Waals surface area contributed by atoms with E-state index in [1.165, 1.54) is 40.7 Å². The van der Waals surface area contributed by atoms with Crippen molar-refractivity contribution in [3.8, 4) is 11.4 Å². The third-order valence-electron chi connectivity index (χ3n) is 5.20. The topological polar surface area (TPSA) is 105 Å². The second-order valence-corrected chi connectivity index (χ2v) is 9.79. The molecule has 1 N–H and O–H groups in total. The van der Waals surface area contributed by atoms with Crippen LogP contribution in [0.5, 0.6) is 0 Å². The monoisotopic (exact) mass is 478 g/mol. The van der Waals surface area contributed by atoms with Crippen LogP contribution in [0, 0.1) is 18.7 Å². The van der Waals surface area contributed by atoms with Gasteiger partial charge >= 0.3 is 0 Å². The van der Waals surface area contributed by atoms with E-state index in [9.17, 15) is 17.6 Å². The van der Waals surface area contributed by atoms with Crippen LogP contribution in [-0.4, -0.2) is 41.9 Å². The number of carbonyl (C=O) groups excluding carboxylic acids is 1. The molecule has 1 aliphatic rings. The number of halogens is 2. The molecule has 0 saturated carbocycles. The van der Waals surface area contributed by atoms with E-state index >= 15 is 0 Å². The fraction of sp³-hybridized carbons (Fsp3) is 0.286. The Hall–Kier alpha value is -2.82. The van der Waals surface area contributed by atoms with E-state index in [2.05, 4.69) is 15.5 Å². The molecule has 3 aromatic rings. The summed E-state index contributed by atoms with van der Waals surface area (Å²) in [5.74, 6) is -0.673. The fourth-order valence-corrected chi connectivity index (χ4v) is 5.57. The molecule has 11 heteroatoms. The third-order valence-corrected chi connectivity index (χ3v) is 7.55. The Morgan fingerprint density at radius 3 is 2.69 bits per heavy atom. The van der Waals surface area contributed by atoms with E-state index in [0.717, 1.165) is 0 Å². The van der Waals surface area contributed by atoms with Crippen LogP contribution in [0.2, 0.25) is 5.02 Å². The van der Waals surface area contributed by atoms with Gasteiger partial charge < -0.3 is 9.84 Å². The van der Waals surface area contributed by atoms with Crippen LogP contribution < -0.4 is 5.32 Å². The van der Waals surface area contributed by atoms with Crippen molar-refractivity contribution >= 4 is 33.2 Å². The number of hydrogen-bond donors (Lipinski definition) is 1. The summed E-state index contributed by atoms with van der Waals surface area (Å²) in [6.07, 6.45) is 1.05. The lowest BCUT2D eigenvalue weighted by Crippen LogP contribution is -2.43. The number of benzene rings is 2. The molecule has 0 radical (unpaired) electrons. The number of sulfonamides is 1. The van der Waals surface area contributed by atoms with E-state index in [0.29, 0.717) is 30.0 Å². The summed E-state index contributed by atoms with van der Waals surface area (Å²) in [4.78, 5) is 16.7. The van der Waals surface area contributed by atoms with E-state index < -0.39 is 21.8 Å². The van der Waals surface area contributed by atoms with Crippen LogP contribution in [0.15, 0.2) is 51.9 Å². The molecule has 0 spiro atoms. The first-order chi connectivity index (χ1) is 15.2. The number of nitrogens with one attached hydrogen (secondary N) is 1. The lowest BCUT2D eigenvalue weighted by atomic mass is 9.99. The molecule has 0 bridgehead atoms. The minimum Gasteiger partial charge on any atom is -0.339 e. The molecule has 2 heterocycles. The molecule has 32 heavy (non-hydrogen) atoms. The maximum atomic E-state index is 13.4. The van der Waals surface area contributed by atoms with Gasteiger partial charge in [-0.05, 0) is 55.3 Å². The number of carbonyl (C=O) groups is 1. The molecule has 8 nitrogen and oxygen atoms in total. The highest BCUT2D eigenvalue weighted by molar-refractivity contribution is 7.89. The average Bonchev–Trinajstić information content (AvgIpc) is 3.22. The first-order valence-corrected chi connectivity index (χ1v) is 11.7. The van der Waals surface area contributed by atoms with Crippen molar-refractivity contribution in [1.82, 2.24) is 14.4 Å². The largest absolute Gasteiger partial charge is 0.339 e. The zero-order valence-electron chi connectivity index (χ0n) is 17.1. The van der Waals surface area contributed by atoms with Gasteiger partial charge in [0.15, 0.2) is 0 Å². The van der Waals surface area contributed by atoms with Gasteiger partial charge in [-0.3, -0.25) is 4.79 Å². The highest BCUT2D eigenvalue weighted by Crippen LogP contribution is 2.31. The van der Waals surface area contributed by atoms with Crippen molar-refractivity contribution in [3.05, 3.63) is 59.2 Å². The molecule has 1 aliphatic heterocycles. The van der Waals surface area contributed by atoms with Gasteiger partial charge in [-0.25, -0.2) is 12.8 Å². The van der Waals surface area contributed by atoms with Crippen molar-refractivity contribution in [2.24, 2.45) is 5.92 Å². The maximum Gasteiger partial charge on any atom is 0.244 e. The molecule has 1 fully saturated rings. The van der Waals surface area contributed by atoms with Gasteiger partial charge in [0.2, 0.25) is 27.6 Å². The Labute approximate surface area is 189 Å². The van der Waals surface area contributed by atoms with Crippen LogP contribution in [0.25, 0.3) is 11.4 Å². The zero-order valence-corrected chi connectivity index (χ0v) is 18.7. The van der Waals surface area contributed by atoms with Crippen LogP contribution in [0.1, 0.15) is 18.7 Å². The van der Waals surface area contributed by atoms with Gasteiger partial charge in [-0.1, -0.05) is 16.8 Å². The summed E-state index contributed by atoms with van der Waals surface area (Å²) < 4.78 is 46.0. The Morgan fingerprint density at radius 1 is 1.25 bits per heavy atom. The number of anilines is 1. The van der Waals surface area contributed by atoms with Crippen LogP contribution in [0.3, 0.4) is 0 Å². The summed E-state index contributed by atoms with van der Waals surface area (Å²) >= 11 is 6.23. The number of aromatic nitrogens is 2. The van der Waals surface area contributed by atoms with E-state index in [1.807, 2.05) is 0 Å². The SMILES string of the molecule is Cc1nc(-c2ccc(Cl)c(S(=O)(=O)N3CCCC(C(=O)Nc4ccc(F)cc4)C3)c2)no1. The number of nitrogens with zero attached hydrogens (tertiary/aromatic N) is 3. The normalized spacial score (nSPS) is 17.3. The van der Waals surface area contributed by atoms with Gasteiger partial charge in [0.25, 0.3) is 0 Å². The smallest absolute Gasteiger partial charge is 0.244 e. The molecule has 4 rings (SSSR count). The highest BCUT2D eigenvalue weighted by atomic mass is 35.5. The molecular formula is C21H20ClFN4O4S. The standard InChI is InChI=1S/C21H20ClFN4O4S/c1-13-24-20(26-31-13)14-4-9-18(22)19(11-14)32(29,30)27-10-2-3-15(12-27)21(28)25-17-7-5-16(23)6-8-17/h4-9,11,15H,2-3,10,12H2,1H3,(H,25,28). The van der Waals surface area contributed by atoms with E-state index in [-0.39, 0.29) is 34.7 Å². The third kappa shape index (κ3) is 4.67. The Balaban J connectivity index is 1.55. The summed E-state index contributed by atoms with van der Waals surface area (Å²) in [5, 5.41) is 6.59. The lowest BCUT2D eigenvalue weighted by molar-refractivity contribution is -0.120. The van der Waals surface area contributed by atoms with Crippen LogP contribution in [-0.2, 0) is 14.8 Å². The van der Waals surface area contributed by atoms with Crippen LogP contribution >= 0.6 is 11.6 Å². The number of aryl methyl sites for hydroxylation is 1. The van der Waals surface area contributed by atoms with Gasteiger partial charge in [0.05, 0.1) is 10.9 Å².